The van der Waals surface area contributed by atoms with Gasteiger partial charge in [0.05, 0.1) is 12.1 Å². The highest BCUT2D eigenvalue weighted by molar-refractivity contribution is 5.78. The molecule has 0 atom stereocenters. The third-order valence-electron chi connectivity index (χ3n) is 2.71. The number of carbonyl (C=O) groups is 1. The first-order valence-corrected chi connectivity index (χ1v) is 6.04. The molecule has 1 aliphatic rings. The van der Waals surface area contributed by atoms with Crippen molar-refractivity contribution in [3.63, 3.8) is 0 Å². The van der Waals surface area contributed by atoms with Crippen molar-refractivity contribution in [1.82, 2.24) is 9.80 Å². The van der Waals surface area contributed by atoms with Crippen LogP contribution < -0.4 is 0 Å². The summed E-state index contributed by atoms with van der Waals surface area (Å²) in [4.78, 5) is 15.8. The van der Waals surface area contributed by atoms with Gasteiger partial charge in [0.25, 0.3) is 0 Å². The van der Waals surface area contributed by atoms with Crippen LogP contribution in [0.4, 0.5) is 0 Å². The summed E-state index contributed by atoms with van der Waals surface area (Å²) >= 11 is 0. The van der Waals surface area contributed by atoms with Crippen LogP contribution in [0.2, 0.25) is 0 Å². The van der Waals surface area contributed by atoms with E-state index in [0.717, 1.165) is 19.4 Å². The molecule has 1 amide bonds. The van der Waals surface area contributed by atoms with Crippen LogP contribution in [0.15, 0.2) is 0 Å². The molecule has 0 heterocycles. The number of likely N-dealkylation sites (N-methyl/N-ethyl adjacent to an activating group) is 2. The van der Waals surface area contributed by atoms with E-state index in [4.69, 9.17) is 0 Å². The van der Waals surface area contributed by atoms with Gasteiger partial charge >= 0.3 is 0 Å². The summed E-state index contributed by atoms with van der Waals surface area (Å²) in [6, 6.07) is 0.480. The molecule has 1 rings (SSSR count). The maximum Gasteiger partial charge on any atom is 0.236 e. The lowest BCUT2D eigenvalue weighted by atomic mass is 10.1. The summed E-state index contributed by atoms with van der Waals surface area (Å²) in [5.41, 5.74) is -0.744. The Balaban J connectivity index is 2.37. The topological polar surface area (TPSA) is 43.8 Å². The molecular formula is C12H24N2O2. The Bertz CT molecular complexity index is 244. The van der Waals surface area contributed by atoms with Gasteiger partial charge < -0.3 is 10.0 Å². The van der Waals surface area contributed by atoms with E-state index in [9.17, 15) is 9.90 Å². The van der Waals surface area contributed by atoms with Gasteiger partial charge in [-0.2, -0.15) is 0 Å². The maximum atomic E-state index is 12.0. The Morgan fingerprint density at radius 1 is 1.44 bits per heavy atom. The van der Waals surface area contributed by atoms with Crippen molar-refractivity contribution in [2.45, 2.75) is 45.3 Å². The number of aliphatic hydroxyl groups is 1. The number of nitrogens with zero attached hydrogens (tertiary/aromatic N) is 2. The molecule has 0 radical (unpaired) electrons. The van der Waals surface area contributed by atoms with Crippen LogP contribution in [0.5, 0.6) is 0 Å². The van der Waals surface area contributed by atoms with E-state index in [1.165, 1.54) is 0 Å². The predicted molar refractivity (Wildman–Crippen MR) is 64.2 cm³/mol. The molecule has 0 bridgehead atoms. The third-order valence-corrected chi connectivity index (χ3v) is 2.71. The van der Waals surface area contributed by atoms with Gasteiger partial charge in [-0.15, -0.1) is 0 Å². The average molecular weight is 228 g/mol. The fraction of sp³-hybridized carbons (Fsp3) is 0.917. The van der Waals surface area contributed by atoms with Gasteiger partial charge in [0.15, 0.2) is 0 Å². The lowest BCUT2D eigenvalue weighted by Gasteiger charge is -2.28. The van der Waals surface area contributed by atoms with Gasteiger partial charge in [0, 0.05) is 19.1 Å². The van der Waals surface area contributed by atoms with E-state index in [-0.39, 0.29) is 5.91 Å². The predicted octanol–water partition coefficient (Wildman–Crippen LogP) is 0.700. The lowest BCUT2D eigenvalue weighted by molar-refractivity contribution is -0.133. The monoisotopic (exact) mass is 228 g/mol. The minimum absolute atomic E-state index is 0.178. The van der Waals surface area contributed by atoms with E-state index in [1.54, 1.807) is 13.8 Å². The Kier molecular flexibility index (Phi) is 4.33. The average Bonchev–Trinajstić information content (AvgIpc) is 2.85. The smallest absolute Gasteiger partial charge is 0.236 e. The van der Waals surface area contributed by atoms with Crippen molar-refractivity contribution >= 4 is 5.91 Å². The summed E-state index contributed by atoms with van der Waals surface area (Å²) < 4.78 is 0. The fourth-order valence-corrected chi connectivity index (χ4v) is 2.06. The highest BCUT2D eigenvalue weighted by Gasteiger charge is 2.31. The van der Waals surface area contributed by atoms with Crippen LogP contribution >= 0.6 is 0 Å². The van der Waals surface area contributed by atoms with Crippen molar-refractivity contribution in [3.05, 3.63) is 0 Å². The number of hydrogen-bond acceptors (Lipinski definition) is 3. The van der Waals surface area contributed by atoms with Crippen molar-refractivity contribution in [1.29, 1.82) is 0 Å². The van der Waals surface area contributed by atoms with Crippen molar-refractivity contribution < 1.29 is 9.90 Å². The van der Waals surface area contributed by atoms with E-state index < -0.39 is 5.60 Å². The molecule has 16 heavy (non-hydrogen) atoms. The molecule has 1 N–H and O–H groups in total. The number of amides is 1. The third kappa shape index (κ3) is 4.49. The fourth-order valence-electron chi connectivity index (χ4n) is 2.06. The zero-order valence-electron chi connectivity index (χ0n) is 10.9. The van der Waals surface area contributed by atoms with E-state index >= 15 is 0 Å². The van der Waals surface area contributed by atoms with Crippen molar-refractivity contribution in [3.8, 4) is 0 Å². The highest BCUT2D eigenvalue weighted by Crippen LogP contribution is 2.26. The summed E-state index contributed by atoms with van der Waals surface area (Å²) in [6.07, 6.45) is 2.30. The number of rotatable bonds is 6. The van der Waals surface area contributed by atoms with Gasteiger partial charge in [0.2, 0.25) is 5.91 Å². The molecule has 0 aromatic rings. The van der Waals surface area contributed by atoms with Gasteiger partial charge in [-0.3, -0.25) is 9.69 Å². The lowest BCUT2D eigenvalue weighted by Crippen LogP contribution is -2.44. The minimum Gasteiger partial charge on any atom is -0.389 e. The van der Waals surface area contributed by atoms with E-state index in [2.05, 4.69) is 0 Å². The van der Waals surface area contributed by atoms with Crippen LogP contribution in [0.1, 0.15) is 33.6 Å². The minimum atomic E-state index is -0.744. The molecule has 0 aromatic heterocycles. The molecule has 1 saturated carbocycles. The van der Waals surface area contributed by atoms with Crippen LogP contribution in [-0.2, 0) is 4.79 Å². The number of hydrogen-bond donors (Lipinski definition) is 1. The van der Waals surface area contributed by atoms with Crippen LogP contribution in [0.3, 0.4) is 0 Å². The largest absolute Gasteiger partial charge is 0.389 e. The van der Waals surface area contributed by atoms with Crippen LogP contribution in [0.25, 0.3) is 0 Å². The molecule has 0 aromatic carbocycles. The molecule has 1 aliphatic carbocycles. The van der Waals surface area contributed by atoms with Gasteiger partial charge in [-0.05, 0) is 40.7 Å². The molecule has 1 fully saturated rings. The standard InChI is InChI=1S/C12H24N2O2/c1-5-14(10-6-7-10)11(15)8-13(4)9-12(2,3)16/h10,16H,5-9H2,1-4H3. The Labute approximate surface area is 98.2 Å². The summed E-state index contributed by atoms with van der Waals surface area (Å²) in [5, 5.41) is 9.65. The van der Waals surface area contributed by atoms with Gasteiger partial charge in [-0.25, -0.2) is 0 Å². The van der Waals surface area contributed by atoms with Crippen molar-refractivity contribution in [2.24, 2.45) is 0 Å². The van der Waals surface area contributed by atoms with Crippen LogP contribution in [-0.4, -0.2) is 59.1 Å². The molecule has 4 nitrogen and oxygen atoms in total. The second kappa shape index (κ2) is 5.15. The zero-order valence-corrected chi connectivity index (χ0v) is 10.9. The molecule has 94 valence electrons. The molecule has 4 heteroatoms. The SMILES string of the molecule is CCN(C(=O)CN(C)CC(C)(C)O)C1CC1. The molecule has 0 unspecified atom stereocenters. The quantitative estimate of drug-likeness (QED) is 0.728. The maximum absolute atomic E-state index is 12.0. The summed E-state index contributed by atoms with van der Waals surface area (Å²) in [7, 11) is 1.87. The second-order valence-corrected chi connectivity index (χ2v) is 5.40. The normalized spacial score (nSPS) is 16.6. The van der Waals surface area contributed by atoms with Crippen LogP contribution in [0, 0.1) is 0 Å². The Morgan fingerprint density at radius 3 is 2.38 bits per heavy atom. The first-order valence-electron chi connectivity index (χ1n) is 6.04. The highest BCUT2D eigenvalue weighted by atomic mass is 16.3. The van der Waals surface area contributed by atoms with Gasteiger partial charge in [-0.1, -0.05) is 0 Å². The summed E-state index contributed by atoms with van der Waals surface area (Å²) in [5.74, 6) is 0.178. The first kappa shape index (κ1) is 13.5. The zero-order chi connectivity index (χ0) is 12.3. The Hall–Kier alpha value is -0.610. The Morgan fingerprint density at radius 2 is 2.00 bits per heavy atom. The molecule has 0 saturated heterocycles. The van der Waals surface area contributed by atoms with E-state index in [1.807, 2.05) is 23.8 Å². The second-order valence-electron chi connectivity index (χ2n) is 5.40. The number of carbonyl (C=O) groups excluding carboxylic acids is 1. The molecule has 0 aliphatic heterocycles. The summed E-state index contributed by atoms with van der Waals surface area (Å²) in [6.45, 7) is 7.24. The van der Waals surface area contributed by atoms with Gasteiger partial charge in [0.1, 0.15) is 0 Å². The van der Waals surface area contributed by atoms with Crippen molar-refractivity contribution in [2.75, 3.05) is 26.7 Å². The van der Waals surface area contributed by atoms with E-state index in [0.29, 0.717) is 19.1 Å². The molecule has 0 spiro atoms. The first-order chi connectivity index (χ1) is 7.33. The molecular weight excluding hydrogens is 204 g/mol.